The van der Waals surface area contributed by atoms with Crippen LogP contribution in [0.4, 0.5) is 4.39 Å². The number of hydrogen-bond acceptors (Lipinski definition) is 2. The van der Waals surface area contributed by atoms with Crippen molar-refractivity contribution in [1.29, 1.82) is 0 Å². The fraction of sp³-hybridized carbons (Fsp3) is 0.500. The fourth-order valence-electron chi connectivity index (χ4n) is 1.59. The van der Waals surface area contributed by atoms with Crippen LogP contribution < -0.4 is 10.6 Å². The third-order valence-electron chi connectivity index (χ3n) is 2.60. The highest BCUT2D eigenvalue weighted by atomic mass is 35.5. The Morgan fingerprint density at radius 3 is 2.47 bits per heavy atom. The van der Waals surface area contributed by atoms with E-state index in [0.29, 0.717) is 19.4 Å². The second-order valence-corrected chi connectivity index (χ2v) is 4.23. The van der Waals surface area contributed by atoms with Crippen molar-refractivity contribution in [2.75, 3.05) is 19.6 Å². The third kappa shape index (κ3) is 8.56. The molecule has 1 rings (SSSR count). The van der Waals surface area contributed by atoms with Gasteiger partial charge in [-0.15, -0.1) is 12.4 Å². The highest BCUT2D eigenvalue weighted by Crippen LogP contribution is 2.05. The number of carbonyl (C=O) groups excluding carboxylic acids is 1. The number of amides is 1. The van der Waals surface area contributed by atoms with Gasteiger partial charge in [0.05, 0.1) is 0 Å². The van der Waals surface area contributed by atoms with Gasteiger partial charge in [0.2, 0.25) is 5.91 Å². The highest BCUT2D eigenvalue weighted by molar-refractivity contribution is 5.85. The Kier molecular flexibility index (Phi) is 10.1. The van der Waals surface area contributed by atoms with Crippen molar-refractivity contribution < 1.29 is 9.18 Å². The molecule has 0 aromatic heterocycles. The smallest absolute Gasteiger partial charge is 0.220 e. The molecule has 0 unspecified atom stereocenters. The molecule has 0 fully saturated rings. The zero-order chi connectivity index (χ0) is 13.2. The number of carbonyl (C=O) groups is 1. The normalized spacial score (nSPS) is 9.79. The topological polar surface area (TPSA) is 41.1 Å². The average Bonchev–Trinajstić information content (AvgIpc) is 2.38. The lowest BCUT2D eigenvalue weighted by Gasteiger charge is -2.06. The van der Waals surface area contributed by atoms with Gasteiger partial charge in [0.25, 0.3) is 0 Å². The molecule has 0 spiro atoms. The summed E-state index contributed by atoms with van der Waals surface area (Å²) in [7, 11) is 0. The van der Waals surface area contributed by atoms with Crippen LogP contribution in [0, 0.1) is 5.82 Å². The van der Waals surface area contributed by atoms with E-state index in [1.807, 2.05) is 0 Å². The van der Waals surface area contributed by atoms with Crippen LogP contribution in [0.1, 0.15) is 25.3 Å². The Morgan fingerprint density at radius 1 is 1.16 bits per heavy atom. The molecule has 1 aromatic rings. The lowest BCUT2D eigenvalue weighted by molar-refractivity contribution is -0.121. The second kappa shape index (κ2) is 10.8. The minimum Gasteiger partial charge on any atom is -0.355 e. The molecule has 0 radical (unpaired) electrons. The molecule has 1 amide bonds. The van der Waals surface area contributed by atoms with E-state index in [2.05, 4.69) is 17.6 Å². The van der Waals surface area contributed by atoms with Crippen LogP contribution >= 0.6 is 12.4 Å². The standard InChI is InChI=1S/C14H21FN2O.ClH/c1-2-9-16-10-11-17-14(18)8-5-12-3-6-13(15)7-4-12;/h3-4,6-7,16H,2,5,8-11H2,1H3,(H,17,18);1H. The zero-order valence-corrected chi connectivity index (χ0v) is 12.1. The van der Waals surface area contributed by atoms with Crippen LogP contribution in [-0.4, -0.2) is 25.5 Å². The first-order valence-electron chi connectivity index (χ1n) is 6.44. The van der Waals surface area contributed by atoms with Crippen LogP contribution in [0.25, 0.3) is 0 Å². The van der Waals surface area contributed by atoms with Crippen LogP contribution in [0.2, 0.25) is 0 Å². The Morgan fingerprint density at radius 2 is 1.84 bits per heavy atom. The quantitative estimate of drug-likeness (QED) is 0.721. The van der Waals surface area contributed by atoms with Crippen molar-refractivity contribution in [1.82, 2.24) is 10.6 Å². The van der Waals surface area contributed by atoms with Crippen LogP contribution in [0.3, 0.4) is 0 Å². The predicted octanol–water partition coefficient (Wildman–Crippen LogP) is 2.30. The Labute approximate surface area is 120 Å². The summed E-state index contributed by atoms with van der Waals surface area (Å²) in [6.45, 7) is 4.54. The molecule has 0 atom stereocenters. The molecular weight excluding hydrogens is 267 g/mol. The third-order valence-corrected chi connectivity index (χ3v) is 2.60. The molecule has 19 heavy (non-hydrogen) atoms. The molecule has 0 heterocycles. The van der Waals surface area contributed by atoms with E-state index in [0.717, 1.165) is 25.1 Å². The lowest BCUT2D eigenvalue weighted by Crippen LogP contribution is -2.32. The SMILES string of the molecule is CCCNCCNC(=O)CCc1ccc(F)cc1.Cl. The molecule has 0 saturated carbocycles. The summed E-state index contributed by atoms with van der Waals surface area (Å²) in [5.41, 5.74) is 0.982. The highest BCUT2D eigenvalue weighted by Gasteiger charge is 2.01. The summed E-state index contributed by atoms with van der Waals surface area (Å²) in [5.74, 6) is -0.206. The van der Waals surface area contributed by atoms with Crippen LogP contribution in [-0.2, 0) is 11.2 Å². The molecule has 108 valence electrons. The Bertz CT molecular complexity index is 357. The zero-order valence-electron chi connectivity index (χ0n) is 11.2. The van der Waals surface area contributed by atoms with Gasteiger partial charge < -0.3 is 10.6 Å². The van der Waals surface area contributed by atoms with E-state index in [-0.39, 0.29) is 24.1 Å². The maximum absolute atomic E-state index is 12.7. The summed E-state index contributed by atoms with van der Waals surface area (Å²) in [6.07, 6.45) is 2.19. The summed E-state index contributed by atoms with van der Waals surface area (Å²) >= 11 is 0. The van der Waals surface area contributed by atoms with E-state index >= 15 is 0 Å². The number of benzene rings is 1. The molecular formula is C14H22ClFN2O. The van der Waals surface area contributed by atoms with Gasteiger partial charge >= 0.3 is 0 Å². The summed E-state index contributed by atoms with van der Waals surface area (Å²) in [4.78, 5) is 11.5. The number of rotatable bonds is 8. The Balaban J connectivity index is 0.00000324. The largest absolute Gasteiger partial charge is 0.355 e. The maximum atomic E-state index is 12.7. The van der Waals surface area contributed by atoms with Crippen molar-refractivity contribution in [3.8, 4) is 0 Å². The van der Waals surface area contributed by atoms with Gasteiger partial charge in [-0.1, -0.05) is 19.1 Å². The maximum Gasteiger partial charge on any atom is 0.220 e. The molecule has 1 aromatic carbocycles. The van der Waals surface area contributed by atoms with Gasteiger partial charge in [-0.05, 0) is 37.1 Å². The van der Waals surface area contributed by atoms with E-state index in [1.54, 1.807) is 12.1 Å². The van der Waals surface area contributed by atoms with Crippen molar-refractivity contribution in [3.63, 3.8) is 0 Å². The van der Waals surface area contributed by atoms with E-state index in [1.165, 1.54) is 12.1 Å². The van der Waals surface area contributed by atoms with Crippen molar-refractivity contribution in [2.24, 2.45) is 0 Å². The predicted molar refractivity (Wildman–Crippen MR) is 78.1 cm³/mol. The monoisotopic (exact) mass is 288 g/mol. The van der Waals surface area contributed by atoms with Crippen molar-refractivity contribution in [3.05, 3.63) is 35.6 Å². The van der Waals surface area contributed by atoms with Crippen molar-refractivity contribution >= 4 is 18.3 Å². The summed E-state index contributed by atoms with van der Waals surface area (Å²) in [5, 5.41) is 6.06. The van der Waals surface area contributed by atoms with Gasteiger partial charge in [0.1, 0.15) is 5.82 Å². The summed E-state index contributed by atoms with van der Waals surface area (Å²) in [6, 6.07) is 6.26. The van der Waals surface area contributed by atoms with E-state index in [9.17, 15) is 9.18 Å². The first-order valence-corrected chi connectivity index (χ1v) is 6.44. The molecule has 2 N–H and O–H groups in total. The van der Waals surface area contributed by atoms with E-state index in [4.69, 9.17) is 0 Å². The minimum absolute atomic E-state index is 0. The second-order valence-electron chi connectivity index (χ2n) is 4.23. The molecule has 0 saturated heterocycles. The Hall–Kier alpha value is -1.13. The van der Waals surface area contributed by atoms with Gasteiger partial charge in [0.15, 0.2) is 0 Å². The van der Waals surface area contributed by atoms with Gasteiger partial charge in [-0.25, -0.2) is 4.39 Å². The van der Waals surface area contributed by atoms with Gasteiger partial charge in [-0.2, -0.15) is 0 Å². The molecule has 0 bridgehead atoms. The van der Waals surface area contributed by atoms with Crippen LogP contribution in [0.5, 0.6) is 0 Å². The molecule has 0 aliphatic rings. The number of halogens is 2. The van der Waals surface area contributed by atoms with Gasteiger partial charge in [0, 0.05) is 19.5 Å². The van der Waals surface area contributed by atoms with Gasteiger partial charge in [-0.3, -0.25) is 4.79 Å². The number of aryl methyl sites for hydroxylation is 1. The first kappa shape index (κ1) is 17.9. The minimum atomic E-state index is -0.245. The molecule has 0 aliphatic carbocycles. The van der Waals surface area contributed by atoms with E-state index < -0.39 is 0 Å². The first-order chi connectivity index (χ1) is 8.72. The van der Waals surface area contributed by atoms with Crippen molar-refractivity contribution in [2.45, 2.75) is 26.2 Å². The summed E-state index contributed by atoms with van der Waals surface area (Å²) < 4.78 is 12.7. The molecule has 3 nitrogen and oxygen atoms in total. The fourth-order valence-corrected chi connectivity index (χ4v) is 1.59. The molecule has 0 aliphatic heterocycles. The van der Waals surface area contributed by atoms with Crippen LogP contribution in [0.15, 0.2) is 24.3 Å². The number of hydrogen-bond donors (Lipinski definition) is 2. The number of nitrogens with one attached hydrogen (secondary N) is 2. The average molecular weight is 289 g/mol. The molecule has 5 heteroatoms. The lowest BCUT2D eigenvalue weighted by atomic mass is 10.1.